The summed E-state index contributed by atoms with van der Waals surface area (Å²) in [5.41, 5.74) is 1.12. The van der Waals surface area contributed by atoms with Gasteiger partial charge in [-0.2, -0.15) is 0 Å². The average Bonchev–Trinajstić information content (AvgIpc) is 2.26. The van der Waals surface area contributed by atoms with Gasteiger partial charge in [-0.1, -0.05) is 13.0 Å². The molecular weight excluding hydrogens is 176 g/mol. The van der Waals surface area contributed by atoms with Gasteiger partial charge in [0.1, 0.15) is 5.82 Å². The van der Waals surface area contributed by atoms with Crippen LogP contribution in [0.5, 0.6) is 0 Å². The molecular formula is C11H18N2O. The van der Waals surface area contributed by atoms with E-state index in [1.165, 1.54) is 0 Å². The van der Waals surface area contributed by atoms with Gasteiger partial charge in [0.05, 0.1) is 12.7 Å². The molecule has 0 amide bonds. The second-order valence-electron chi connectivity index (χ2n) is 3.33. The Bertz CT molecular complexity index is 258. The molecule has 0 radical (unpaired) electrons. The van der Waals surface area contributed by atoms with Crippen LogP contribution in [-0.4, -0.2) is 18.1 Å². The van der Waals surface area contributed by atoms with Gasteiger partial charge in [-0.05, 0) is 25.0 Å². The molecule has 0 aromatic carbocycles. The molecule has 1 atom stereocenters. The minimum absolute atomic E-state index is 0.318. The van der Waals surface area contributed by atoms with Gasteiger partial charge in [0.2, 0.25) is 0 Å². The quantitative estimate of drug-likeness (QED) is 0.781. The van der Waals surface area contributed by atoms with E-state index in [2.05, 4.69) is 24.1 Å². The van der Waals surface area contributed by atoms with Crippen molar-refractivity contribution in [1.29, 1.82) is 0 Å². The number of anilines is 1. The molecule has 3 heteroatoms. The third kappa shape index (κ3) is 3.34. The molecule has 0 aliphatic rings. The number of aromatic nitrogens is 1. The summed E-state index contributed by atoms with van der Waals surface area (Å²) in [4.78, 5) is 4.21. The van der Waals surface area contributed by atoms with E-state index in [4.69, 9.17) is 4.74 Å². The second kappa shape index (κ2) is 5.60. The molecule has 0 spiro atoms. The first-order valence-electron chi connectivity index (χ1n) is 5.00. The molecule has 1 N–H and O–H groups in total. The summed E-state index contributed by atoms with van der Waals surface area (Å²) in [5.74, 6) is 0.886. The predicted molar refractivity (Wildman–Crippen MR) is 58.3 cm³/mol. The van der Waals surface area contributed by atoms with Gasteiger partial charge in [-0.3, -0.25) is 0 Å². The van der Waals surface area contributed by atoms with Gasteiger partial charge in [-0.25, -0.2) is 4.98 Å². The van der Waals surface area contributed by atoms with Gasteiger partial charge < -0.3 is 10.1 Å². The number of nitrogens with zero attached hydrogens (tertiary/aromatic N) is 1. The van der Waals surface area contributed by atoms with E-state index in [-0.39, 0.29) is 0 Å². The Morgan fingerprint density at radius 2 is 2.29 bits per heavy atom. The normalized spacial score (nSPS) is 12.5. The lowest BCUT2D eigenvalue weighted by Gasteiger charge is -2.10. The van der Waals surface area contributed by atoms with Crippen LogP contribution in [0, 0.1) is 0 Å². The van der Waals surface area contributed by atoms with Crippen LogP contribution in [0.4, 0.5) is 5.82 Å². The Balaban J connectivity index is 2.43. The van der Waals surface area contributed by atoms with E-state index in [1.54, 1.807) is 0 Å². The fourth-order valence-corrected chi connectivity index (χ4v) is 1.01. The van der Waals surface area contributed by atoms with E-state index in [1.807, 2.05) is 25.4 Å². The SMILES string of the molecule is CCC(C)OCc1ccc(NC)nc1. The molecule has 3 nitrogen and oxygen atoms in total. The summed E-state index contributed by atoms with van der Waals surface area (Å²) in [7, 11) is 1.86. The third-order valence-electron chi connectivity index (χ3n) is 2.19. The van der Waals surface area contributed by atoms with E-state index >= 15 is 0 Å². The van der Waals surface area contributed by atoms with Crippen molar-refractivity contribution in [2.24, 2.45) is 0 Å². The summed E-state index contributed by atoms with van der Waals surface area (Å²) >= 11 is 0. The number of hydrogen-bond donors (Lipinski definition) is 1. The van der Waals surface area contributed by atoms with Crippen LogP contribution in [0.25, 0.3) is 0 Å². The molecule has 0 fully saturated rings. The molecule has 0 aliphatic carbocycles. The molecule has 1 unspecified atom stereocenters. The predicted octanol–water partition coefficient (Wildman–Crippen LogP) is 2.44. The molecule has 14 heavy (non-hydrogen) atoms. The van der Waals surface area contributed by atoms with Gasteiger partial charge in [-0.15, -0.1) is 0 Å². The Labute approximate surface area is 85.5 Å². The van der Waals surface area contributed by atoms with Crippen molar-refractivity contribution < 1.29 is 4.74 Å². The number of nitrogens with one attached hydrogen (secondary N) is 1. The number of rotatable bonds is 5. The van der Waals surface area contributed by atoms with Crippen molar-refractivity contribution in [3.8, 4) is 0 Å². The maximum atomic E-state index is 5.59. The van der Waals surface area contributed by atoms with E-state index < -0.39 is 0 Å². The van der Waals surface area contributed by atoms with Crippen LogP contribution < -0.4 is 5.32 Å². The highest BCUT2D eigenvalue weighted by atomic mass is 16.5. The average molecular weight is 194 g/mol. The van der Waals surface area contributed by atoms with Crippen LogP contribution >= 0.6 is 0 Å². The van der Waals surface area contributed by atoms with Crippen molar-refractivity contribution in [3.63, 3.8) is 0 Å². The Morgan fingerprint density at radius 3 is 2.79 bits per heavy atom. The summed E-state index contributed by atoms with van der Waals surface area (Å²) in [6, 6.07) is 3.98. The maximum Gasteiger partial charge on any atom is 0.125 e. The Kier molecular flexibility index (Phi) is 4.40. The van der Waals surface area contributed by atoms with Crippen molar-refractivity contribution in [2.75, 3.05) is 12.4 Å². The van der Waals surface area contributed by atoms with Crippen LogP contribution in [0.2, 0.25) is 0 Å². The molecule has 1 aromatic heterocycles. The molecule has 0 saturated carbocycles. The summed E-state index contributed by atoms with van der Waals surface area (Å²) in [6.45, 7) is 4.84. The topological polar surface area (TPSA) is 34.1 Å². The highest BCUT2D eigenvalue weighted by Crippen LogP contribution is 2.07. The minimum Gasteiger partial charge on any atom is -0.374 e. The zero-order valence-corrected chi connectivity index (χ0v) is 9.08. The molecule has 78 valence electrons. The number of pyridine rings is 1. The summed E-state index contributed by atoms with van der Waals surface area (Å²) in [5, 5.41) is 2.98. The van der Waals surface area contributed by atoms with Gasteiger partial charge in [0, 0.05) is 13.2 Å². The van der Waals surface area contributed by atoms with E-state index in [9.17, 15) is 0 Å². The lowest BCUT2D eigenvalue weighted by Crippen LogP contribution is -2.06. The second-order valence-corrected chi connectivity index (χ2v) is 3.33. The van der Waals surface area contributed by atoms with Gasteiger partial charge in [0.25, 0.3) is 0 Å². The molecule has 0 aliphatic heterocycles. The lowest BCUT2D eigenvalue weighted by atomic mass is 10.3. The van der Waals surface area contributed by atoms with Crippen molar-refractivity contribution >= 4 is 5.82 Å². The largest absolute Gasteiger partial charge is 0.374 e. The number of ether oxygens (including phenoxy) is 1. The maximum absolute atomic E-state index is 5.59. The smallest absolute Gasteiger partial charge is 0.125 e. The monoisotopic (exact) mass is 194 g/mol. The van der Waals surface area contributed by atoms with Gasteiger partial charge >= 0.3 is 0 Å². The van der Waals surface area contributed by atoms with Crippen LogP contribution in [-0.2, 0) is 11.3 Å². The summed E-state index contributed by atoms with van der Waals surface area (Å²) < 4.78 is 5.59. The Morgan fingerprint density at radius 1 is 1.50 bits per heavy atom. The van der Waals surface area contributed by atoms with Crippen molar-refractivity contribution in [2.45, 2.75) is 33.0 Å². The van der Waals surface area contributed by atoms with E-state index in [0.717, 1.165) is 17.8 Å². The first-order valence-corrected chi connectivity index (χ1v) is 5.00. The standard InChI is InChI=1S/C11H18N2O/c1-4-9(2)14-8-10-5-6-11(12-3)13-7-10/h5-7,9H,4,8H2,1-3H3,(H,12,13). The van der Waals surface area contributed by atoms with E-state index in [0.29, 0.717) is 12.7 Å². The van der Waals surface area contributed by atoms with Crippen LogP contribution in [0.15, 0.2) is 18.3 Å². The zero-order valence-electron chi connectivity index (χ0n) is 9.08. The highest BCUT2D eigenvalue weighted by Gasteiger charge is 1.99. The van der Waals surface area contributed by atoms with Crippen molar-refractivity contribution in [1.82, 2.24) is 4.98 Å². The highest BCUT2D eigenvalue weighted by molar-refractivity contribution is 5.34. The first-order chi connectivity index (χ1) is 6.76. The van der Waals surface area contributed by atoms with Crippen LogP contribution in [0.3, 0.4) is 0 Å². The molecule has 1 rings (SSSR count). The van der Waals surface area contributed by atoms with Crippen molar-refractivity contribution in [3.05, 3.63) is 23.9 Å². The first kappa shape index (κ1) is 11.0. The third-order valence-corrected chi connectivity index (χ3v) is 2.19. The summed E-state index contributed by atoms with van der Waals surface area (Å²) in [6.07, 6.45) is 3.20. The number of hydrogen-bond acceptors (Lipinski definition) is 3. The molecule has 1 aromatic rings. The lowest BCUT2D eigenvalue weighted by molar-refractivity contribution is 0.0507. The Hall–Kier alpha value is -1.09. The fraction of sp³-hybridized carbons (Fsp3) is 0.545. The minimum atomic E-state index is 0.318. The molecule has 0 bridgehead atoms. The zero-order chi connectivity index (χ0) is 10.4. The molecule has 0 saturated heterocycles. The van der Waals surface area contributed by atoms with Gasteiger partial charge in [0.15, 0.2) is 0 Å². The fourth-order valence-electron chi connectivity index (χ4n) is 1.01. The molecule has 1 heterocycles. The van der Waals surface area contributed by atoms with Crippen LogP contribution in [0.1, 0.15) is 25.8 Å².